The van der Waals surface area contributed by atoms with Crippen LogP contribution in [-0.4, -0.2) is 52.7 Å². The first-order valence-corrected chi connectivity index (χ1v) is 11.0. The van der Waals surface area contributed by atoms with Gasteiger partial charge >= 0.3 is 5.97 Å². The molecule has 1 unspecified atom stereocenters. The standard InChI is InChI=1S/C22H30N3O3S.HI/c1-3-4-5-9-15-27-21-20(23-29-24-21)19-13-10-14-25(2,16-19)17-28-22(26)18-11-7-6-8-12-18;/h6-8,11-13H,3-5,9-10,14-17H2,1-2H3;1H/q+1;/p-1. The number of hydrogen-bond acceptors (Lipinski definition) is 6. The molecule has 0 saturated heterocycles. The van der Waals surface area contributed by atoms with Crippen molar-refractivity contribution in [1.82, 2.24) is 8.75 Å². The van der Waals surface area contributed by atoms with Crippen LogP contribution in [0.3, 0.4) is 0 Å². The summed E-state index contributed by atoms with van der Waals surface area (Å²) in [5, 5.41) is 0. The normalized spacial score (nSPS) is 18.3. The molecule has 0 amide bonds. The number of quaternary nitrogens is 1. The van der Waals surface area contributed by atoms with Gasteiger partial charge < -0.3 is 33.5 Å². The van der Waals surface area contributed by atoms with Crippen molar-refractivity contribution in [2.24, 2.45) is 0 Å². The molecule has 0 N–H and O–H groups in total. The lowest BCUT2D eigenvalue weighted by Gasteiger charge is -2.36. The molecule has 0 aliphatic carbocycles. The fourth-order valence-electron chi connectivity index (χ4n) is 3.43. The number of aromatic nitrogens is 2. The Balaban J connectivity index is 0.00000320. The maximum atomic E-state index is 12.3. The molecule has 3 rings (SSSR count). The highest BCUT2D eigenvalue weighted by atomic mass is 127. The van der Waals surface area contributed by atoms with Gasteiger partial charge in [0.2, 0.25) is 6.73 Å². The molecule has 1 aromatic heterocycles. The molecule has 0 fully saturated rings. The van der Waals surface area contributed by atoms with Crippen LogP contribution in [0.2, 0.25) is 0 Å². The molecule has 1 aliphatic heterocycles. The van der Waals surface area contributed by atoms with Crippen LogP contribution in [0.4, 0.5) is 0 Å². The maximum absolute atomic E-state index is 12.3. The number of hydrogen-bond donors (Lipinski definition) is 0. The molecule has 0 radical (unpaired) electrons. The largest absolute Gasteiger partial charge is 1.00 e. The first-order chi connectivity index (χ1) is 14.1. The van der Waals surface area contributed by atoms with Crippen LogP contribution in [0, 0.1) is 0 Å². The fourth-order valence-corrected chi connectivity index (χ4v) is 3.96. The van der Waals surface area contributed by atoms with Crippen molar-refractivity contribution in [2.45, 2.75) is 39.0 Å². The third-order valence-electron chi connectivity index (χ3n) is 5.13. The van der Waals surface area contributed by atoms with E-state index in [-0.39, 0.29) is 29.9 Å². The molecule has 2 aromatic rings. The Hall–Kier alpha value is -1.52. The van der Waals surface area contributed by atoms with Crippen LogP contribution in [0.5, 0.6) is 5.88 Å². The molecule has 1 aromatic carbocycles. The molecular weight excluding hydrogens is 513 g/mol. The van der Waals surface area contributed by atoms with Crippen molar-refractivity contribution in [2.75, 3.05) is 33.5 Å². The van der Waals surface area contributed by atoms with Gasteiger partial charge in [0.15, 0.2) is 0 Å². The summed E-state index contributed by atoms with van der Waals surface area (Å²) in [4.78, 5) is 12.3. The second-order valence-corrected chi connectivity index (χ2v) is 8.30. The van der Waals surface area contributed by atoms with Gasteiger partial charge in [-0.1, -0.05) is 50.5 Å². The number of halogens is 1. The highest BCUT2D eigenvalue weighted by Gasteiger charge is 2.31. The number of nitrogens with zero attached hydrogens (tertiary/aromatic N) is 3. The van der Waals surface area contributed by atoms with Crippen molar-refractivity contribution in [3.63, 3.8) is 0 Å². The minimum absolute atomic E-state index is 0. The van der Waals surface area contributed by atoms with E-state index in [0.29, 0.717) is 29.3 Å². The first kappa shape index (κ1) is 24.7. The van der Waals surface area contributed by atoms with E-state index in [1.165, 1.54) is 31.0 Å². The topological polar surface area (TPSA) is 61.3 Å². The first-order valence-electron chi connectivity index (χ1n) is 10.3. The summed E-state index contributed by atoms with van der Waals surface area (Å²) in [5.74, 6) is 0.347. The average molecular weight is 543 g/mol. The molecule has 0 spiro atoms. The molecule has 164 valence electrons. The van der Waals surface area contributed by atoms with Crippen molar-refractivity contribution >= 4 is 23.3 Å². The Kier molecular flexibility index (Phi) is 10.2. The third kappa shape index (κ3) is 7.02. The van der Waals surface area contributed by atoms with Crippen molar-refractivity contribution in [3.8, 4) is 5.88 Å². The Labute approximate surface area is 200 Å². The van der Waals surface area contributed by atoms with Crippen LogP contribution >= 0.6 is 11.7 Å². The summed E-state index contributed by atoms with van der Waals surface area (Å²) < 4.78 is 21.0. The molecule has 0 bridgehead atoms. The minimum atomic E-state index is -0.285. The van der Waals surface area contributed by atoms with Crippen LogP contribution in [0.25, 0.3) is 5.57 Å². The zero-order chi connectivity index (χ0) is 20.5. The minimum Gasteiger partial charge on any atom is -1.00 e. The number of ether oxygens (including phenoxy) is 2. The zero-order valence-electron chi connectivity index (χ0n) is 17.7. The van der Waals surface area contributed by atoms with Gasteiger partial charge in [-0.05, 0) is 18.6 Å². The highest BCUT2D eigenvalue weighted by Crippen LogP contribution is 2.30. The number of likely N-dealkylation sites (N-methyl/N-ethyl adjacent to an activating group) is 1. The van der Waals surface area contributed by atoms with Crippen molar-refractivity contribution in [1.29, 1.82) is 0 Å². The monoisotopic (exact) mass is 543 g/mol. The molecule has 1 aliphatic rings. The quantitative estimate of drug-likeness (QED) is 0.197. The van der Waals surface area contributed by atoms with E-state index in [2.05, 4.69) is 28.8 Å². The van der Waals surface area contributed by atoms with E-state index < -0.39 is 0 Å². The second kappa shape index (κ2) is 12.4. The molecular formula is C22H30IN3O3S. The van der Waals surface area contributed by atoms with Gasteiger partial charge in [-0.2, -0.15) is 4.37 Å². The van der Waals surface area contributed by atoms with Gasteiger partial charge in [0, 0.05) is 12.0 Å². The molecule has 30 heavy (non-hydrogen) atoms. The van der Waals surface area contributed by atoms with E-state index in [9.17, 15) is 4.79 Å². The van der Waals surface area contributed by atoms with Gasteiger partial charge in [0.1, 0.15) is 12.2 Å². The van der Waals surface area contributed by atoms with E-state index in [4.69, 9.17) is 9.47 Å². The zero-order valence-corrected chi connectivity index (χ0v) is 20.7. The SMILES string of the molecule is CCCCCCOc1nsnc1C1=CCC[N+](C)(COC(=O)c2ccccc2)C1.[I-]. The number of unbranched alkanes of at least 4 members (excludes halogenated alkanes) is 3. The van der Waals surface area contributed by atoms with Gasteiger partial charge in [-0.15, -0.1) is 4.37 Å². The van der Waals surface area contributed by atoms with E-state index in [0.717, 1.165) is 37.2 Å². The van der Waals surface area contributed by atoms with Gasteiger partial charge in [0.25, 0.3) is 5.88 Å². The van der Waals surface area contributed by atoms with E-state index in [1.807, 2.05) is 18.2 Å². The van der Waals surface area contributed by atoms with Crippen LogP contribution in [0.15, 0.2) is 36.4 Å². The maximum Gasteiger partial charge on any atom is 0.342 e. The third-order valence-corrected chi connectivity index (χ3v) is 5.64. The number of benzene rings is 1. The van der Waals surface area contributed by atoms with Crippen molar-refractivity contribution in [3.05, 3.63) is 47.7 Å². The number of carbonyl (C=O) groups is 1. The van der Waals surface area contributed by atoms with Crippen LogP contribution < -0.4 is 28.7 Å². The lowest BCUT2D eigenvalue weighted by molar-refractivity contribution is -0.919. The second-order valence-electron chi connectivity index (χ2n) is 7.77. The summed E-state index contributed by atoms with van der Waals surface area (Å²) >= 11 is 1.19. The Bertz CT molecular complexity index is 828. The molecule has 0 saturated carbocycles. The number of rotatable bonds is 10. The lowest BCUT2D eigenvalue weighted by atomic mass is 10.1. The summed E-state index contributed by atoms with van der Waals surface area (Å²) in [6.07, 6.45) is 7.76. The van der Waals surface area contributed by atoms with Gasteiger partial charge in [-0.25, -0.2) is 4.79 Å². The molecule has 6 nitrogen and oxygen atoms in total. The predicted molar refractivity (Wildman–Crippen MR) is 115 cm³/mol. The summed E-state index contributed by atoms with van der Waals surface area (Å²) in [6, 6.07) is 9.11. The lowest BCUT2D eigenvalue weighted by Crippen LogP contribution is -3.00. The van der Waals surface area contributed by atoms with Gasteiger partial charge in [0.05, 0.1) is 37.5 Å². The Morgan fingerprint density at radius 3 is 2.73 bits per heavy atom. The van der Waals surface area contributed by atoms with Gasteiger partial charge in [-0.3, -0.25) is 4.48 Å². The predicted octanol–water partition coefficient (Wildman–Crippen LogP) is 1.55. The number of esters is 1. The average Bonchev–Trinajstić information content (AvgIpc) is 3.21. The summed E-state index contributed by atoms with van der Waals surface area (Å²) in [6.45, 7) is 4.85. The van der Waals surface area contributed by atoms with E-state index >= 15 is 0 Å². The smallest absolute Gasteiger partial charge is 0.342 e. The molecule has 2 heterocycles. The summed E-state index contributed by atoms with van der Waals surface area (Å²) in [5.41, 5.74) is 2.53. The Morgan fingerprint density at radius 1 is 1.17 bits per heavy atom. The van der Waals surface area contributed by atoms with E-state index in [1.54, 1.807) is 12.1 Å². The van der Waals surface area contributed by atoms with Crippen LogP contribution in [0.1, 0.15) is 55.1 Å². The Morgan fingerprint density at radius 2 is 1.97 bits per heavy atom. The number of carbonyl (C=O) groups excluding carboxylic acids is 1. The summed E-state index contributed by atoms with van der Waals surface area (Å²) in [7, 11) is 2.11. The molecule has 8 heteroatoms. The van der Waals surface area contributed by atoms with Crippen molar-refractivity contribution < 1.29 is 42.7 Å². The highest BCUT2D eigenvalue weighted by molar-refractivity contribution is 6.99. The van der Waals surface area contributed by atoms with Crippen LogP contribution in [-0.2, 0) is 4.74 Å². The fraction of sp³-hybridized carbons (Fsp3) is 0.500. The molecule has 1 atom stereocenters.